The molecule has 0 spiro atoms. The number of nitrogens with one attached hydrogen (secondary N) is 1. The summed E-state index contributed by atoms with van der Waals surface area (Å²) < 4.78 is 13.0. The lowest BCUT2D eigenvalue weighted by molar-refractivity contribution is -0.384. The fourth-order valence-electron chi connectivity index (χ4n) is 1.89. The average molecular weight is 297 g/mol. The van der Waals surface area contributed by atoms with Gasteiger partial charge in [0.05, 0.1) is 11.0 Å². The average Bonchev–Trinajstić information content (AvgIpc) is 2.39. The Morgan fingerprint density at radius 2 is 2.10 bits per heavy atom. The number of nitro groups is 1. The van der Waals surface area contributed by atoms with E-state index in [1.807, 2.05) is 6.92 Å². The molecule has 0 radical (unpaired) electrons. The van der Waals surface area contributed by atoms with Crippen LogP contribution < -0.4 is 11.1 Å². The second-order valence-corrected chi connectivity index (χ2v) is 5.22. The molecule has 6 nitrogen and oxygen atoms in total. The predicted octanol–water partition coefficient (Wildman–Crippen LogP) is 2.83. The molecule has 1 rings (SSSR count). The van der Waals surface area contributed by atoms with E-state index >= 15 is 0 Å². The molecule has 0 aliphatic heterocycles. The number of nitrogens with zero attached hydrogens (tertiary/aromatic N) is 1. The van der Waals surface area contributed by atoms with Crippen LogP contribution in [0, 0.1) is 21.8 Å². The van der Waals surface area contributed by atoms with Crippen LogP contribution in [0.25, 0.3) is 0 Å². The largest absolute Gasteiger partial charge is 0.328 e. The number of hydrogen-bond acceptors (Lipinski definition) is 4. The first-order valence-electron chi connectivity index (χ1n) is 6.81. The molecule has 0 aliphatic rings. The maximum atomic E-state index is 13.0. The molecule has 1 amide bonds. The summed E-state index contributed by atoms with van der Waals surface area (Å²) in [4.78, 5) is 22.1. The van der Waals surface area contributed by atoms with Crippen LogP contribution in [0.2, 0.25) is 0 Å². The number of amides is 1. The minimum atomic E-state index is -0.723. The molecule has 7 heteroatoms. The fourth-order valence-corrected chi connectivity index (χ4v) is 1.89. The summed E-state index contributed by atoms with van der Waals surface area (Å²) >= 11 is 0. The molecular weight excluding hydrogens is 277 g/mol. The van der Waals surface area contributed by atoms with Crippen molar-refractivity contribution in [2.75, 3.05) is 5.32 Å². The molecule has 116 valence electrons. The van der Waals surface area contributed by atoms with Crippen LogP contribution in [0.15, 0.2) is 18.2 Å². The van der Waals surface area contributed by atoms with Gasteiger partial charge in [-0.25, -0.2) is 4.39 Å². The van der Waals surface area contributed by atoms with E-state index in [2.05, 4.69) is 5.32 Å². The van der Waals surface area contributed by atoms with Crippen molar-refractivity contribution in [3.8, 4) is 0 Å². The molecule has 3 N–H and O–H groups in total. The van der Waals surface area contributed by atoms with E-state index < -0.39 is 16.4 Å². The van der Waals surface area contributed by atoms with E-state index in [4.69, 9.17) is 5.73 Å². The van der Waals surface area contributed by atoms with E-state index in [9.17, 15) is 19.3 Å². The molecule has 21 heavy (non-hydrogen) atoms. The highest BCUT2D eigenvalue weighted by atomic mass is 19.1. The first-order chi connectivity index (χ1) is 9.81. The molecule has 1 aromatic rings. The number of nitrogens with two attached hydrogens (primary N) is 1. The zero-order valence-electron chi connectivity index (χ0n) is 12.1. The van der Waals surface area contributed by atoms with Gasteiger partial charge in [-0.05, 0) is 31.9 Å². The van der Waals surface area contributed by atoms with Gasteiger partial charge in [-0.2, -0.15) is 0 Å². The number of anilines is 1. The molecule has 0 fully saturated rings. The van der Waals surface area contributed by atoms with Crippen molar-refractivity contribution in [2.24, 2.45) is 11.7 Å². The number of halogens is 1. The lowest BCUT2D eigenvalue weighted by Gasteiger charge is -2.13. The predicted molar refractivity (Wildman–Crippen MR) is 78.3 cm³/mol. The third kappa shape index (κ3) is 5.47. The summed E-state index contributed by atoms with van der Waals surface area (Å²) in [6.07, 6.45) is 2.26. The van der Waals surface area contributed by atoms with Gasteiger partial charge in [-0.15, -0.1) is 0 Å². The van der Waals surface area contributed by atoms with Crippen molar-refractivity contribution < 1.29 is 14.1 Å². The summed E-state index contributed by atoms with van der Waals surface area (Å²) in [5, 5.41) is 13.3. The van der Waals surface area contributed by atoms with Crippen LogP contribution >= 0.6 is 0 Å². The number of benzene rings is 1. The molecular formula is C14H20FN3O3. The summed E-state index contributed by atoms with van der Waals surface area (Å²) in [7, 11) is 0. The molecule has 2 atom stereocenters. The minimum Gasteiger partial charge on any atom is -0.328 e. The van der Waals surface area contributed by atoms with Gasteiger partial charge in [-0.3, -0.25) is 14.9 Å². The number of hydrogen-bond donors (Lipinski definition) is 2. The topological polar surface area (TPSA) is 98.3 Å². The Balaban J connectivity index is 2.68. The highest BCUT2D eigenvalue weighted by Gasteiger charge is 2.19. The van der Waals surface area contributed by atoms with E-state index in [1.165, 1.54) is 6.07 Å². The smallest absolute Gasteiger partial charge is 0.295 e. The quantitative estimate of drug-likeness (QED) is 0.597. The molecule has 2 unspecified atom stereocenters. The van der Waals surface area contributed by atoms with Gasteiger partial charge in [0.25, 0.3) is 5.69 Å². The van der Waals surface area contributed by atoms with Crippen LogP contribution in [-0.2, 0) is 4.79 Å². The molecule has 0 heterocycles. The van der Waals surface area contributed by atoms with E-state index in [0.29, 0.717) is 6.42 Å². The van der Waals surface area contributed by atoms with Crippen molar-refractivity contribution in [2.45, 2.75) is 39.2 Å². The molecule has 0 aromatic heterocycles. The Hall–Kier alpha value is -2.02. The van der Waals surface area contributed by atoms with Crippen LogP contribution in [0.3, 0.4) is 0 Å². The summed E-state index contributed by atoms with van der Waals surface area (Å²) in [5.74, 6) is -1.34. The van der Waals surface area contributed by atoms with Gasteiger partial charge >= 0.3 is 0 Å². The highest BCUT2D eigenvalue weighted by Crippen LogP contribution is 2.25. The van der Waals surface area contributed by atoms with Gasteiger partial charge in [0, 0.05) is 12.0 Å². The zero-order chi connectivity index (χ0) is 16.0. The normalized spacial score (nSPS) is 13.5. The van der Waals surface area contributed by atoms with Crippen molar-refractivity contribution in [1.82, 2.24) is 0 Å². The van der Waals surface area contributed by atoms with Gasteiger partial charge in [0.15, 0.2) is 0 Å². The van der Waals surface area contributed by atoms with Crippen molar-refractivity contribution >= 4 is 17.3 Å². The number of nitro benzene ring substituents is 1. The Morgan fingerprint density at radius 1 is 1.43 bits per heavy atom. The lowest BCUT2D eigenvalue weighted by atomic mass is 10.0. The van der Waals surface area contributed by atoms with Crippen LogP contribution in [-0.4, -0.2) is 16.9 Å². The Morgan fingerprint density at radius 3 is 2.67 bits per heavy atom. The molecule has 0 aliphatic carbocycles. The van der Waals surface area contributed by atoms with Crippen molar-refractivity contribution in [3.63, 3.8) is 0 Å². The maximum Gasteiger partial charge on any atom is 0.295 e. The van der Waals surface area contributed by atoms with Crippen molar-refractivity contribution in [1.29, 1.82) is 0 Å². The van der Waals surface area contributed by atoms with Gasteiger partial charge in [0.2, 0.25) is 5.91 Å². The van der Waals surface area contributed by atoms with Crippen LogP contribution in [0.5, 0.6) is 0 Å². The molecule has 0 saturated carbocycles. The SMILES string of the molecule is CC(N)CCCC(C)C(=O)Nc1ccc(F)cc1[N+](=O)[O-]. The molecule has 0 bridgehead atoms. The number of carbonyl (C=O) groups is 1. The van der Waals surface area contributed by atoms with Crippen LogP contribution in [0.1, 0.15) is 33.1 Å². The number of rotatable bonds is 7. The van der Waals surface area contributed by atoms with Gasteiger partial charge < -0.3 is 11.1 Å². The van der Waals surface area contributed by atoms with Crippen LogP contribution in [0.4, 0.5) is 15.8 Å². The Bertz CT molecular complexity index is 520. The third-order valence-corrected chi connectivity index (χ3v) is 3.16. The first-order valence-corrected chi connectivity index (χ1v) is 6.81. The maximum absolute atomic E-state index is 13.0. The van der Waals surface area contributed by atoms with Crippen molar-refractivity contribution in [3.05, 3.63) is 34.1 Å². The van der Waals surface area contributed by atoms with E-state index in [0.717, 1.165) is 25.0 Å². The Kier molecular flexibility index (Phi) is 6.23. The third-order valence-electron chi connectivity index (χ3n) is 3.16. The summed E-state index contributed by atoms with van der Waals surface area (Å²) in [6.45, 7) is 3.64. The van der Waals surface area contributed by atoms with E-state index in [-0.39, 0.29) is 23.6 Å². The second-order valence-electron chi connectivity index (χ2n) is 5.22. The number of carbonyl (C=O) groups excluding carboxylic acids is 1. The molecule has 0 saturated heterocycles. The fraction of sp³-hybridized carbons (Fsp3) is 0.500. The molecule has 1 aromatic carbocycles. The zero-order valence-corrected chi connectivity index (χ0v) is 12.1. The summed E-state index contributed by atoms with van der Waals surface area (Å²) in [5.41, 5.74) is 5.19. The monoisotopic (exact) mass is 297 g/mol. The minimum absolute atomic E-state index is 0.00504. The second kappa shape index (κ2) is 7.68. The van der Waals surface area contributed by atoms with Gasteiger partial charge in [0.1, 0.15) is 11.5 Å². The standard InChI is InChI=1S/C14H20FN3O3/c1-9(4-3-5-10(2)16)14(19)17-12-7-6-11(15)8-13(12)18(20)21/h6-10H,3-5,16H2,1-2H3,(H,17,19). The van der Waals surface area contributed by atoms with E-state index in [1.54, 1.807) is 6.92 Å². The highest BCUT2D eigenvalue weighted by molar-refractivity contribution is 5.94. The first kappa shape index (κ1) is 17.0. The lowest BCUT2D eigenvalue weighted by Crippen LogP contribution is -2.22. The van der Waals surface area contributed by atoms with Gasteiger partial charge in [-0.1, -0.05) is 13.3 Å². The summed E-state index contributed by atoms with van der Waals surface area (Å²) in [6, 6.07) is 3.14. The Labute approximate surface area is 122 Å².